The lowest BCUT2D eigenvalue weighted by Gasteiger charge is -2.19. The Balaban J connectivity index is 1.32. The summed E-state index contributed by atoms with van der Waals surface area (Å²) in [6.45, 7) is 8.13. The van der Waals surface area contributed by atoms with E-state index in [-0.39, 0.29) is 0 Å². The van der Waals surface area contributed by atoms with Crippen LogP contribution in [0.1, 0.15) is 5.56 Å². The number of fused-ring (bicyclic) bond motifs is 5. The molecule has 3 nitrogen and oxygen atoms in total. The number of benzene rings is 8. The van der Waals surface area contributed by atoms with Crippen molar-refractivity contribution in [3.8, 4) is 45.1 Å². The molecular formula is C46H27N3. The summed E-state index contributed by atoms with van der Waals surface area (Å²) >= 11 is 0. The second kappa shape index (κ2) is 11.4. The van der Waals surface area contributed by atoms with Crippen LogP contribution in [0.5, 0.6) is 0 Å². The second-order valence-corrected chi connectivity index (χ2v) is 12.3. The van der Waals surface area contributed by atoms with Crippen molar-refractivity contribution in [3.63, 3.8) is 0 Å². The number of rotatable bonds is 4. The molecule has 8 aromatic carbocycles. The number of nitriles is 1. The van der Waals surface area contributed by atoms with Crippen LogP contribution in [0.3, 0.4) is 0 Å². The predicted octanol–water partition coefficient (Wildman–Crippen LogP) is 12.5. The third-order valence-corrected chi connectivity index (χ3v) is 9.59. The molecule has 0 saturated heterocycles. The van der Waals surface area contributed by atoms with E-state index in [1.54, 1.807) is 0 Å². The van der Waals surface area contributed by atoms with Crippen molar-refractivity contribution in [2.75, 3.05) is 0 Å². The van der Waals surface area contributed by atoms with Crippen LogP contribution in [0.4, 0.5) is 5.69 Å². The van der Waals surface area contributed by atoms with Crippen molar-refractivity contribution in [2.24, 2.45) is 0 Å². The first-order chi connectivity index (χ1) is 24.2. The molecule has 0 unspecified atom stereocenters. The molecule has 0 aliphatic carbocycles. The SMILES string of the molecule is [C-]#[N+]c1ccc(-n2c3ccccc3c3ccccc32)cc1-c1cc(C#N)cc(-c2c3ccccc3c(-c3ccccc3)c3ccccc23)c1. The second-order valence-electron chi connectivity index (χ2n) is 12.3. The molecule has 1 aromatic heterocycles. The number of hydrogen-bond acceptors (Lipinski definition) is 1. The van der Waals surface area contributed by atoms with Crippen LogP contribution in [-0.4, -0.2) is 4.57 Å². The molecule has 0 atom stereocenters. The molecule has 0 spiro atoms. The van der Waals surface area contributed by atoms with Crippen LogP contribution in [0.15, 0.2) is 164 Å². The molecule has 9 rings (SSSR count). The quantitative estimate of drug-likeness (QED) is 0.142. The van der Waals surface area contributed by atoms with Gasteiger partial charge >= 0.3 is 0 Å². The summed E-state index contributed by atoms with van der Waals surface area (Å²) in [5.41, 5.74) is 10.3. The highest BCUT2D eigenvalue weighted by Gasteiger charge is 2.19. The van der Waals surface area contributed by atoms with Gasteiger partial charge in [0.25, 0.3) is 0 Å². The van der Waals surface area contributed by atoms with Crippen LogP contribution in [0.2, 0.25) is 0 Å². The molecule has 1 heterocycles. The summed E-state index contributed by atoms with van der Waals surface area (Å²) in [5, 5.41) is 17.3. The highest BCUT2D eigenvalue weighted by atomic mass is 15.0. The topological polar surface area (TPSA) is 33.1 Å². The van der Waals surface area contributed by atoms with Gasteiger partial charge < -0.3 is 4.57 Å². The number of hydrogen-bond donors (Lipinski definition) is 0. The molecule has 0 N–H and O–H groups in total. The fourth-order valence-electron chi connectivity index (χ4n) is 7.54. The maximum absolute atomic E-state index is 10.4. The van der Waals surface area contributed by atoms with Crippen molar-refractivity contribution >= 4 is 49.0 Å². The van der Waals surface area contributed by atoms with Gasteiger partial charge in [-0.15, -0.1) is 0 Å². The Kier molecular flexibility index (Phi) is 6.58. The monoisotopic (exact) mass is 621 g/mol. The van der Waals surface area contributed by atoms with Gasteiger partial charge in [-0.3, -0.25) is 0 Å². The Hall–Kier alpha value is -6.94. The fourth-order valence-corrected chi connectivity index (χ4v) is 7.54. The smallest absolute Gasteiger partial charge is 0.195 e. The molecule has 0 radical (unpaired) electrons. The molecule has 226 valence electrons. The van der Waals surface area contributed by atoms with E-state index in [0.29, 0.717) is 11.3 Å². The molecule has 0 aliphatic rings. The van der Waals surface area contributed by atoms with Crippen LogP contribution in [-0.2, 0) is 0 Å². The van der Waals surface area contributed by atoms with Crippen molar-refractivity contribution in [2.45, 2.75) is 0 Å². The lowest BCUT2D eigenvalue weighted by Crippen LogP contribution is -1.95. The van der Waals surface area contributed by atoms with E-state index in [4.69, 9.17) is 6.57 Å². The standard InChI is InChI=1S/C46H27N3/c1-48-42-24-23-34(49-43-21-11-9-15-35(43)36-16-10-12-22-44(36)49)28-41(42)32-25-30(29-47)26-33(27-32)46-39-19-7-5-17-37(39)45(31-13-3-2-4-14-31)38-18-6-8-20-40(38)46/h2-28H. The Morgan fingerprint density at radius 2 is 0.959 bits per heavy atom. The van der Waals surface area contributed by atoms with Gasteiger partial charge in [-0.25, -0.2) is 4.85 Å². The summed E-state index contributed by atoms with van der Waals surface area (Å²) in [6.07, 6.45) is 0. The summed E-state index contributed by atoms with van der Waals surface area (Å²) in [7, 11) is 0. The average molecular weight is 622 g/mol. The van der Waals surface area contributed by atoms with Crippen LogP contribution < -0.4 is 0 Å². The first-order valence-electron chi connectivity index (χ1n) is 16.3. The van der Waals surface area contributed by atoms with Gasteiger partial charge in [0.05, 0.1) is 29.2 Å². The van der Waals surface area contributed by atoms with Crippen molar-refractivity contribution in [1.82, 2.24) is 4.57 Å². The van der Waals surface area contributed by atoms with Crippen LogP contribution >= 0.6 is 0 Å². The van der Waals surface area contributed by atoms with E-state index in [2.05, 4.69) is 149 Å². The van der Waals surface area contributed by atoms with E-state index in [1.807, 2.05) is 30.3 Å². The van der Waals surface area contributed by atoms with Gasteiger partial charge in [0.2, 0.25) is 0 Å². The predicted molar refractivity (Wildman–Crippen MR) is 203 cm³/mol. The first kappa shape index (κ1) is 28.3. The minimum Gasteiger partial charge on any atom is -0.309 e. The first-order valence-corrected chi connectivity index (χ1v) is 16.3. The lowest BCUT2D eigenvalue weighted by molar-refractivity contribution is 1.18. The van der Waals surface area contributed by atoms with Gasteiger partial charge in [-0.05, 0) is 97.4 Å². The Bertz CT molecular complexity index is 2740. The highest BCUT2D eigenvalue weighted by Crippen LogP contribution is 2.45. The van der Waals surface area contributed by atoms with E-state index in [0.717, 1.165) is 66.1 Å². The van der Waals surface area contributed by atoms with Crippen LogP contribution in [0, 0.1) is 17.9 Å². The zero-order chi connectivity index (χ0) is 32.9. The molecule has 3 heteroatoms. The summed E-state index contributed by atoms with van der Waals surface area (Å²) in [4.78, 5) is 3.95. The highest BCUT2D eigenvalue weighted by molar-refractivity contribution is 6.21. The third-order valence-electron chi connectivity index (χ3n) is 9.59. The van der Waals surface area contributed by atoms with Gasteiger partial charge in [0.15, 0.2) is 5.69 Å². The van der Waals surface area contributed by atoms with Crippen molar-refractivity contribution < 1.29 is 0 Å². The van der Waals surface area contributed by atoms with E-state index >= 15 is 0 Å². The average Bonchev–Trinajstić information content (AvgIpc) is 3.51. The lowest BCUT2D eigenvalue weighted by atomic mass is 9.85. The van der Waals surface area contributed by atoms with Crippen molar-refractivity contribution in [1.29, 1.82) is 5.26 Å². The van der Waals surface area contributed by atoms with Gasteiger partial charge in [-0.2, -0.15) is 5.26 Å². The Morgan fingerprint density at radius 1 is 0.469 bits per heavy atom. The van der Waals surface area contributed by atoms with Gasteiger partial charge in [-0.1, -0.05) is 121 Å². The molecule has 0 amide bonds. The maximum Gasteiger partial charge on any atom is 0.195 e. The summed E-state index contributed by atoms with van der Waals surface area (Å²) in [6, 6.07) is 59.0. The maximum atomic E-state index is 10.4. The molecule has 9 aromatic rings. The summed E-state index contributed by atoms with van der Waals surface area (Å²) in [5.74, 6) is 0. The molecule has 49 heavy (non-hydrogen) atoms. The Morgan fingerprint density at radius 3 is 1.51 bits per heavy atom. The summed E-state index contributed by atoms with van der Waals surface area (Å²) < 4.78 is 2.26. The third kappa shape index (κ3) is 4.49. The van der Waals surface area contributed by atoms with Crippen molar-refractivity contribution in [3.05, 3.63) is 181 Å². The van der Waals surface area contributed by atoms with Gasteiger partial charge in [0.1, 0.15) is 0 Å². The van der Waals surface area contributed by atoms with E-state index < -0.39 is 0 Å². The minimum atomic E-state index is 0.541. The van der Waals surface area contributed by atoms with Crippen LogP contribution in [0.25, 0.3) is 87.3 Å². The molecule has 0 bridgehead atoms. The normalized spacial score (nSPS) is 11.2. The van der Waals surface area contributed by atoms with Gasteiger partial charge in [0, 0.05) is 16.5 Å². The molecule has 0 fully saturated rings. The number of aromatic nitrogens is 1. The fraction of sp³-hybridized carbons (Fsp3) is 0. The number of para-hydroxylation sites is 2. The molecule has 0 aliphatic heterocycles. The Labute approximate surface area is 284 Å². The number of nitrogens with zero attached hydrogens (tertiary/aromatic N) is 3. The molecule has 0 saturated carbocycles. The minimum absolute atomic E-state index is 0.541. The zero-order valence-corrected chi connectivity index (χ0v) is 26.4. The largest absolute Gasteiger partial charge is 0.309 e. The van der Waals surface area contributed by atoms with E-state index in [1.165, 1.54) is 16.3 Å². The van der Waals surface area contributed by atoms with E-state index in [9.17, 15) is 5.26 Å². The zero-order valence-electron chi connectivity index (χ0n) is 26.4. The molecular weight excluding hydrogens is 595 g/mol.